The number of hydrogen-bond donors (Lipinski definition) is 2. The number of benzene rings is 2. The van der Waals surface area contributed by atoms with Crippen LogP contribution in [0.2, 0.25) is 0 Å². The van der Waals surface area contributed by atoms with Crippen molar-refractivity contribution in [3.05, 3.63) is 59.7 Å². The van der Waals surface area contributed by atoms with Gasteiger partial charge in [-0.3, -0.25) is 0 Å². The lowest BCUT2D eigenvalue weighted by Crippen LogP contribution is -2.08. The highest BCUT2D eigenvalue weighted by Crippen LogP contribution is 2.25. The normalized spacial score (nSPS) is 10.1. The van der Waals surface area contributed by atoms with Crippen molar-refractivity contribution in [2.45, 2.75) is 6.42 Å². The van der Waals surface area contributed by atoms with Crippen molar-refractivity contribution < 1.29 is 19.7 Å². The summed E-state index contributed by atoms with van der Waals surface area (Å²) in [6.07, 6.45) is 0.636. The van der Waals surface area contributed by atoms with E-state index in [0.717, 1.165) is 5.56 Å². The highest BCUT2D eigenvalue weighted by molar-refractivity contribution is 5.90. The Hall–Kier alpha value is -2.49. The first kappa shape index (κ1) is 13.0. The smallest absolute Gasteiger partial charge is 0.338 e. The van der Waals surface area contributed by atoms with E-state index in [1.54, 1.807) is 0 Å². The van der Waals surface area contributed by atoms with Crippen molar-refractivity contribution in [1.29, 1.82) is 0 Å². The van der Waals surface area contributed by atoms with Crippen LogP contribution in [0.1, 0.15) is 15.9 Å². The second kappa shape index (κ2) is 5.91. The molecule has 0 heterocycles. The number of rotatable bonds is 4. The molecule has 0 amide bonds. The first-order valence-corrected chi connectivity index (χ1v) is 5.90. The molecule has 0 aliphatic heterocycles. The minimum absolute atomic E-state index is 0.211. The average Bonchev–Trinajstić information content (AvgIpc) is 2.43. The third kappa shape index (κ3) is 3.48. The van der Waals surface area contributed by atoms with Gasteiger partial charge in [0.2, 0.25) is 0 Å². The summed E-state index contributed by atoms with van der Waals surface area (Å²) in [5.41, 5.74) is 1.30. The molecule has 0 radical (unpaired) electrons. The molecular weight excluding hydrogens is 244 g/mol. The summed E-state index contributed by atoms with van der Waals surface area (Å²) >= 11 is 0. The first-order valence-electron chi connectivity index (χ1n) is 5.90. The van der Waals surface area contributed by atoms with Crippen LogP contribution in [-0.2, 0) is 11.2 Å². The molecule has 19 heavy (non-hydrogen) atoms. The Kier molecular flexibility index (Phi) is 4.03. The SMILES string of the molecule is O=C(OCCc1ccccc1)c1ccc(O)c(O)c1. The topological polar surface area (TPSA) is 66.8 Å². The predicted octanol–water partition coefficient (Wildman–Crippen LogP) is 2.50. The fraction of sp³-hybridized carbons (Fsp3) is 0.133. The van der Waals surface area contributed by atoms with Crippen molar-refractivity contribution in [2.75, 3.05) is 6.61 Å². The molecule has 2 aromatic carbocycles. The monoisotopic (exact) mass is 258 g/mol. The van der Waals surface area contributed by atoms with Gasteiger partial charge in [0.1, 0.15) is 0 Å². The summed E-state index contributed by atoms with van der Waals surface area (Å²) < 4.78 is 5.10. The fourth-order valence-corrected chi connectivity index (χ4v) is 1.64. The van der Waals surface area contributed by atoms with E-state index in [-0.39, 0.29) is 23.7 Å². The van der Waals surface area contributed by atoms with Gasteiger partial charge >= 0.3 is 5.97 Å². The number of carbonyl (C=O) groups excluding carboxylic acids is 1. The molecule has 2 aromatic rings. The number of carbonyl (C=O) groups is 1. The number of aromatic hydroxyl groups is 2. The molecule has 0 fully saturated rings. The summed E-state index contributed by atoms with van der Waals surface area (Å²) in [5.74, 6) is -1.12. The van der Waals surface area contributed by atoms with Crippen LogP contribution in [-0.4, -0.2) is 22.8 Å². The van der Waals surface area contributed by atoms with Crippen LogP contribution in [0.5, 0.6) is 11.5 Å². The Morgan fingerprint density at radius 1 is 1.00 bits per heavy atom. The van der Waals surface area contributed by atoms with Crippen LogP contribution < -0.4 is 0 Å². The van der Waals surface area contributed by atoms with Gasteiger partial charge in [-0.05, 0) is 23.8 Å². The Morgan fingerprint density at radius 3 is 2.42 bits per heavy atom. The minimum atomic E-state index is -0.522. The van der Waals surface area contributed by atoms with E-state index in [1.807, 2.05) is 30.3 Å². The van der Waals surface area contributed by atoms with E-state index < -0.39 is 5.97 Å². The van der Waals surface area contributed by atoms with E-state index in [4.69, 9.17) is 9.84 Å². The van der Waals surface area contributed by atoms with Crippen molar-refractivity contribution >= 4 is 5.97 Å². The van der Waals surface area contributed by atoms with Crippen LogP contribution in [0.4, 0.5) is 0 Å². The maximum atomic E-state index is 11.7. The molecule has 2 N–H and O–H groups in total. The van der Waals surface area contributed by atoms with Crippen LogP contribution in [0, 0.1) is 0 Å². The number of phenolic OH excluding ortho intramolecular Hbond substituents is 2. The third-order valence-corrected chi connectivity index (χ3v) is 2.68. The van der Waals surface area contributed by atoms with Gasteiger partial charge in [-0.2, -0.15) is 0 Å². The van der Waals surface area contributed by atoms with Crippen LogP contribution in [0.15, 0.2) is 48.5 Å². The zero-order valence-electron chi connectivity index (χ0n) is 10.2. The summed E-state index contributed by atoms with van der Waals surface area (Å²) in [5, 5.41) is 18.4. The van der Waals surface area contributed by atoms with Gasteiger partial charge in [0.15, 0.2) is 11.5 Å². The number of hydrogen-bond acceptors (Lipinski definition) is 4. The van der Waals surface area contributed by atoms with Gasteiger partial charge in [0.25, 0.3) is 0 Å². The second-order valence-corrected chi connectivity index (χ2v) is 4.08. The van der Waals surface area contributed by atoms with Crippen LogP contribution in [0.25, 0.3) is 0 Å². The Morgan fingerprint density at radius 2 is 1.74 bits per heavy atom. The first-order chi connectivity index (χ1) is 9.16. The summed E-state index contributed by atoms with van der Waals surface area (Å²) in [4.78, 5) is 11.7. The molecule has 0 aromatic heterocycles. The van der Waals surface area contributed by atoms with E-state index >= 15 is 0 Å². The van der Waals surface area contributed by atoms with Crippen molar-refractivity contribution in [2.24, 2.45) is 0 Å². The zero-order valence-corrected chi connectivity index (χ0v) is 10.2. The Bertz CT molecular complexity index is 564. The van der Waals surface area contributed by atoms with Crippen molar-refractivity contribution in [1.82, 2.24) is 0 Å². The van der Waals surface area contributed by atoms with Crippen LogP contribution >= 0.6 is 0 Å². The summed E-state index contributed by atoms with van der Waals surface area (Å²) in [6, 6.07) is 13.5. The predicted molar refractivity (Wildman–Crippen MR) is 70.2 cm³/mol. The molecular formula is C15H14O4. The molecule has 0 aliphatic rings. The molecule has 2 rings (SSSR count). The number of ether oxygens (including phenoxy) is 1. The maximum absolute atomic E-state index is 11.7. The molecule has 0 aliphatic carbocycles. The van der Waals surface area contributed by atoms with E-state index in [0.29, 0.717) is 6.42 Å². The maximum Gasteiger partial charge on any atom is 0.338 e. The van der Waals surface area contributed by atoms with E-state index in [2.05, 4.69) is 0 Å². The second-order valence-electron chi connectivity index (χ2n) is 4.08. The molecule has 98 valence electrons. The lowest BCUT2D eigenvalue weighted by Gasteiger charge is -2.06. The van der Waals surface area contributed by atoms with Crippen LogP contribution in [0.3, 0.4) is 0 Å². The van der Waals surface area contributed by atoms with Crippen molar-refractivity contribution in [3.8, 4) is 11.5 Å². The molecule has 0 saturated heterocycles. The van der Waals surface area contributed by atoms with Crippen molar-refractivity contribution in [3.63, 3.8) is 0 Å². The van der Waals surface area contributed by atoms with Gasteiger partial charge in [-0.1, -0.05) is 30.3 Å². The summed E-state index contributed by atoms with van der Waals surface area (Å²) in [7, 11) is 0. The Balaban J connectivity index is 1.89. The lowest BCUT2D eigenvalue weighted by molar-refractivity contribution is 0.0509. The standard InChI is InChI=1S/C15H14O4/c16-13-7-6-12(10-14(13)17)15(18)19-9-8-11-4-2-1-3-5-11/h1-7,10,16-17H,8-9H2. The minimum Gasteiger partial charge on any atom is -0.504 e. The number of phenols is 2. The third-order valence-electron chi connectivity index (χ3n) is 2.68. The van der Waals surface area contributed by atoms with E-state index in [1.165, 1.54) is 18.2 Å². The van der Waals surface area contributed by atoms with E-state index in [9.17, 15) is 9.90 Å². The molecule has 4 nitrogen and oxygen atoms in total. The van der Waals surface area contributed by atoms with Gasteiger partial charge in [0.05, 0.1) is 12.2 Å². The fourth-order valence-electron chi connectivity index (χ4n) is 1.64. The average molecular weight is 258 g/mol. The largest absolute Gasteiger partial charge is 0.504 e. The highest BCUT2D eigenvalue weighted by Gasteiger charge is 2.09. The molecule has 0 spiro atoms. The molecule has 0 unspecified atom stereocenters. The molecule has 0 bridgehead atoms. The van der Waals surface area contributed by atoms with Gasteiger partial charge in [-0.25, -0.2) is 4.79 Å². The van der Waals surface area contributed by atoms with Gasteiger partial charge < -0.3 is 14.9 Å². The molecule has 4 heteroatoms. The molecule has 0 atom stereocenters. The molecule has 0 saturated carbocycles. The quantitative estimate of drug-likeness (QED) is 0.653. The highest BCUT2D eigenvalue weighted by atomic mass is 16.5. The number of esters is 1. The van der Waals surface area contributed by atoms with Gasteiger partial charge in [0, 0.05) is 6.42 Å². The van der Waals surface area contributed by atoms with Gasteiger partial charge in [-0.15, -0.1) is 0 Å². The zero-order chi connectivity index (χ0) is 13.7. The lowest BCUT2D eigenvalue weighted by atomic mass is 10.2. The Labute approximate surface area is 110 Å². The summed E-state index contributed by atoms with van der Waals surface area (Å²) in [6.45, 7) is 0.268.